The van der Waals surface area contributed by atoms with Crippen molar-refractivity contribution in [2.45, 2.75) is 31.5 Å². The minimum Gasteiger partial charge on any atom is -0.343 e. The summed E-state index contributed by atoms with van der Waals surface area (Å²) >= 11 is 0. The quantitative estimate of drug-likeness (QED) is 0.878. The van der Waals surface area contributed by atoms with Crippen LogP contribution in [-0.4, -0.2) is 22.1 Å². The number of aromatic nitrogens is 2. The Morgan fingerprint density at radius 1 is 1.41 bits per heavy atom. The van der Waals surface area contributed by atoms with Crippen molar-refractivity contribution in [3.63, 3.8) is 0 Å². The van der Waals surface area contributed by atoms with Crippen LogP contribution in [-0.2, 0) is 11.3 Å². The molecular weight excluding hydrogens is 235 g/mol. The van der Waals surface area contributed by atoms with Gasteiger partial charge in [0.2, 0.25) is 0 Å². The van der Waals surface area contributed by atoms with Crippen molar-refractivity contribution in [3.05, 3.63) is 23.8 Å². The van der Waals surface area contributed by atoms with Crippen molar-refractivity contribution in [2.24, 2.45) is 0 Å². The topological polar surface area (TPSA) is 54.9 Å². The molecule has 0 radical (unpaired) electrons. The fourth-order valence-electron chi connectivity index (χ4n) is 1.39. The summed E-state index contributed by atoms with van der Waals surface area (Å²) in [4.78, 5) is 18.4. The van der Waals surface area contributed by atoms with Crippen molar-refractivity contribution in [1.29, 1.82) is 0 Å². The van der Waals surface area contributed by atoms with Gasteiger partial charge in [0.1, 0.15) is 6.33 Å². The van der Waals surface area contributed by atoms with Gasteiger partial charge in [-0.3, -0.25) is 4.79 Å². The number of hydrogen-bond donors (Lipinski definition) is 1. The number of nitrogens with zero attached hydrogens (tertiary/aromatic N) is 2. The molecule has 2 rings (SSSR count). The Kier molecular flexibility index (Phi) is 2.99. The molecule has 0 aliphatic heterocycles. The molecule has 17 heavy (non-hydrogen) atoms. The normalized spacial score (nSPS) is 15.7. The van der Waals surface area contributed by atoms with Crippen LogP contribution in [0.15, 0.2) is 12.4 Å². The minimum atomic E-state index is -4.85. The predicted molar refractivity (Wildman–Crippen MR) is 51.9 cm³/mol. The SMILES string of the molecule is O=C(NCc1cc(C2CC2)ncn1)C(F)(F)F. The Hall–Kier alpha value is -1.66. The maximum atomic E-state index is 11.9. The van der Waals surface area contributed by atoms with E-state index in [0.29, 0.717) is 11.6 Å². The molecule has 1 aliphatic rings. The average molecular weight is 245 g/mol. The van der Waals surface area contributed by atoms with E-state index in [1.54, 1.807) is 11.4 Å². The molecule has 0 saturated heterocycles. The van der Waals surface area contributed by atoms with Gasteiger partial charge in [-0.05, 0) is 18.9 Å². The smallest absolute Gasteiger partial charge is 0.343 e. The summed E-state index contributed by atoms with van der Waals surface area (Å²) in [6, 6.07) is 1.63. The van der Waals surface area contributed by atoms with Crippen LogP contribution in [0.3, 0.4) is 0 Å². The molecule has 92 valence electrons. The summed E-state index contributed by atoms with van der Waals surface area (Å²) in [5, 5.41) is 1.77. The second kappa shape index (κ2) is 4.31. The van der Waals surface area contributed by atoms with Gasteiger partial charge in [0, 0.05) is 11.6 Å². The highest BCUT2D eigenvalue weighted by atomic mass is 19.4. The Bertz CT molecular complexity index is 429. The number of alkyl halides is 3. The standard InChI is InChI=1S/C10H10F3N3O/c11-10(12,13)9(17)14-4-7-3-8(6-1-2-6)16-5-15-7/h3,5-6H,1-2,4H2,(H,14,17). The van der Waals surface area contributed by atoms with Gasteiger partial charge in [0.05, 0.1) is 12.2 Å². The summed E-state index contributed by atoms with van der Waals surface area (Å²) in [5.41, 5.74) is 1.22. The van der Waals surface area contributed by atoms with Gasteiger partial charge in [-0.2, -0.15) is 13.2 Å². The first-order valence-electron chi connectivity index (χ1n) is 5.12. The highest BCUT2D eigenvalue weighted by Crippen LogP contribution is 2.38. The molecule has 1 aromatic heterocycles. The van der Waals surface area contributed by atoms with Crippen LogP contribution >= 0.6 is 0 Å². The lowest BCUT2D eigenvalue weighted by Crippen LogP contribution is -2.36. The molecule has 0 aromatic carbocycles. The van der Waals surface area contributed by atoms with E-state index in [1.807, 2.05) is 0 Å². The van der Waals surface area contributed by atoms with Crippen LogP contribution in [0.2, 0.25) is 0 Å². The van der Waals surface area contributed by atoms with Crippen LogP contribution in [0.1, 0.15) is 30.1 Å². The first kappa shape index (κ1) is 11.8. The van der Waals surface area contributed by atoms with Crippen LogP contribution < -0.4 is 5.32 Å². The third-order valence-corrected chi connectivity index (χ3v) is 2.43. The largest absolute Gasteiger partial charge is 0.471 e. The molecule has 1 fully saturated rings. The molecule has 0 unspecified atom stereocenters. The highest BCUT2D eigenvalue weighted by molar-refractivity contribution is 5.81. The summed E-state index contributed by atoms with van der Waals surface area (Å²) in [6.45, 7) is -0.236. The third-order valence-electron chi connectivity index (χ3n) is 2.43. The zero-order valence-corrected chi connectivity index (χ0v) is 8.79. The van der Waals surface area contributed by atoms with Gasteiger partial charge in [-0.15, -0.1) is 0 Å². The van der Waals surface area contributed by atoms with Crippen molar-refractivity contribution in [3.8, 4) is 0 Å². The summed E-state index contributed by atoms with van der Waals surface area (Å²) < 4.78 is 35.8. The van der Waals surface area contributed by atoms with E-state index in [0.717, 1.165) is 18.5 Å². The summed E-state index contributed by atoms with van der Waals surface area (Å²) in [7, 11) is 0. The molecule has 1 amide bonds. The van der Waals surface area contributed by atoms with E-state index >= 15 is 0 Å². The molecule has 1 N–H and O–H groups in total. The van der Waals surface area contributed by atoms with Crippen molar-refractivity contribution < 1.29 is 18.0 Å². The van der Waals surface area contributed by atoms with Crippen molar-refractivity contribution in [2.75, 3.05) is 0 Å². The Morgan fingerprint density at radius 3 is 2.71 bits per heavy atom. The molecule has 0 bridgehead atoms. The van der Waals surface area contributed by atoms with E-state index < -0.39 is 12.1 Å². The number of hydrogen-bond acceptors (Lipinski definition) is 3. The number of halogens is 3. The van der Waals surface area contributed by atoms with Gasteiger partial charge >= 0.3 is 12.1 Å². The van der Waals surface area contributed by atoms with E-state index in [9.17, 15) is 18.0 Å². The van der Waals surface area contributed by atoms with Crippen LogP contribution in [0, 0.1) is 0 Å². The predicted octanol–water partition coefficient (Wildman–Crippen LogP) is 1.53. The zero-order chi connectivity index (χ0) is 12.5. The molecule has 0 atom stereocenters. The zero-order valence-electron chi connectivity index (χ0n) is 8.79. The number of amides is 1. The molecule has 1 aromatic rings. The van der Waals surface area contributed by atoms with Gasteiger partial charge in [-0.25, -0.2) is 9.97 Å². The lowest BCUT2D eigenvalue weighted by molar-refractivity contribution is -0.173. The number of nitrogens with one attached hydrogen (secondary N) is 1. The number of rotatable bonds is 3. The molecule has 1 saturated carbocycles. The summed E-state index contributed by atoms with van der Waals surface area (Å²) in [5.74, 6) is -1.56. The Labute approximate surface area is 95.3 Å². The minimum absolute atomic E-state index is 0.236. The highest BCUT2D eigenvalue weighted by Gasteiger charge is 2.38. The van der Waals surface area contributed by atoms with E-state index in [1.165, 1.54) is 6.33 Å². The molecule has 0 spiro atoms. The average Bonchev–Trinajstić information content (AvgIpc) is 3.08. The maximum absolute atomic E-state index is 11.9. The van der Waals surface area contributed by atoms with E-state index in [-0.39, 0.29) is 6.54 Å². The van der Waals surface area contributed by atoms with Gasteiger partial charge in [0.15, 0.2) is 0 Å². The van der Waals surface area contributed by atoms with E-state index in [4.69, 9.17) is 0 Å². The van der Waals surface area contributed by atoms with Crippen molar-refractivity contribution in [1.82, 2.24) is 15.3 Å². The van der Waals surface area contributed by atoms with Crippen LogP contribution in [0.25, 0.3) is 0 Å². The second-order valence-corrected chi connectivity index (χ2v) is 3.89. The fraction of sp³-hybridized carbons (Fsp3) is 0.500. The first-order valence-corrected chi connectivity index (χ1v) is 5.12. The number of carbonyl (C=O) groups excluding carboxylic acids is 1. The first-order chi connectivity index (χ1) is 7.97. The van der Waals surface area contributed by atoms with Gasteiger partial charge < -0.3 is 5.32 Å². The van der Waals surface area contributed by atoms with Crippen LogP contribution in [0.4, 0.5) is 13.2 Å². The molecule has 7 heteroatoms. The molecule has 1 heterocycles. The lowest BCUT2D eigenvalue weighted by Gasteiger charge is -2.07. The molecule has 4 nitrogen and oxygen atoms in total. The monoisotopic (exact) mass is 245 g/mol. The third kappa shape index (κ3) is 3.15. The lowest BCUT2D eigenvalue weighted by atomic mass is 10.2. The van der Waals surface area contributed by atoms with E-state index in [2.05, 4.69) is 9.97 Å². The van der Waals surface area contributed by atoms with Crippen molar-refractivity contribution >= 4 is 5.91 Å². The second-order valence-electron chi connectivity index (χ2n) is 3.89. The Balaban J connectivity index is 1.94. The molecule has 1 aliphatic carbocycles. The fourth-order valence-corrected chi connectivity index (χ4v) is 1.39. The van der Waals surface area contributed by atoms with Gasteiger partial charge in [-0.1, -0.05) is 0 Å². The Morgan fingerprint density at radius 2 is 2.12 bits per heavy atom. The molecular formula is C10H10F3N3O. The maximum Gasteiger partial charge on any atom is 0.471 e. The number of carbonyl (C=O) groups is 1. The van der Waals surface area contributed by atoms with Gasteiger partial charge in [0.25, 0.3) is 0 Å². The van der Waals surface area contributed by atoms with Crippen LogP contribution in [0.5, 0.6) is 0 Å². The summed E-state index contributed by atoms with van der Waals surface area (Å²) in [6.07, 6.45) is -1.45.